The van der Waals surface area contributed by atoms with Crippen LogP contribution in [0, 0.1) is 0 Å². The van der Waals surface area contributed by atoms with Gasteiger partial charge in [0.1, 0.15) is 60.9 Å². The van der Waals surface area contributed by atoms with Crippen LogP contribution in [0.3, 0.4) is 0 Å². The minimum atomic E-state index is -0.452. The summed E-state index contributed by atoms with van der Waals surface area (Å²) in [5.74, 6) is 0.347. The normalized spacial score (nSPS) is 15.3. The number of ether oxygens (including phenoxy) is 8. The molecule has 1 heterocycles. The first-order valence-corrected chi connectivity index (χ1v) is 21.7. The van der Waals surface area contributed by atoms with Crippen LogP contribution in [0.1, 0.15) is 20.7 Å². The average Bonchev–Trinajstić information content (AvgIpc) is 3.36. The fourth-order valence-electron chi connectivity index (χ4n) is 6.54. The van der Waals surface area contributed by atoms with Gasteiger partial charge >= 0.3 is 0 Å². The third kappa shape index (κ3) is 14.3. The number of carbonyl (C=O) groups is 4. The number of hydrogen-bond acceptors (Lipinski definition) is 12. The minimum Gasteiger partial charge on any atom is -0.489 e. The van der Waals surface area contributed by atoms with Gasteiger partial charge in [-0.25, -0.2) is 0 Å². The average molecular weight is 923 g/mol. The smallest absolute Gasteiger partial charge is 0.262 e. The van der Waals surface area contributed by atoms with Gasteiger partial charge in [-0.3, -0.25) is 19.2 Å². The lowest BCUT2D eigenvalue weighted by Gasteiger charge is -2.15. The third-order valence-electron chi connectivity index (χ3n) is 9.75. The second-order valence-corrected chi connectivity index (χ2v) is 14.6. The van der Waals surface area contributed by atoms with Gasteiger partial charge in [-0.15, -0.1) is 0 Å². The lowest BCUT2D eigenvalue weighted by atomic mass is 10.1. The number of carbonyl (C=O) groups excluding carboxylic acids is 4. The quantitative estimate of drug-likeness (QED) is 0.108. The summed E-state index contributed by atoms with van der Waals surface area (Å²) in [5, 5.41) is 11.4. The molecule has 0 aliphatic carbocycles. The van der Waals surface area contributed by atoms with E-state index in [0.29, 0.717) is 59.0 Å². The Kier molecular flexibility index (Phi) is 17.8. The van der Waals surface area contributed by atoms with Crippen molar-refractivity contribution in [3.63, 3.8) is 0 Å². The first-order chi connectivity index (χ1) is 33.4. The summed E-state index contributed by atoms with van der Waals surface area (Å²) in [6.07, 6.45) is 3.46. The molecule has 1 aliphatic rings. The standard InChI is InChI=1S/C52H50N4O12/c57-49-35-67-47-25-11-5-19-41(47)55-51(59)37-15-1-7-21-43(37)63-27-13-14-28-64-44-22-8-2-16-38(44)52(60)56-42-20-6-12-26-48(42)68-36-50(58)54-40-18-4-10-24-46(40)66-34-32-62-30-29-61-31-33-65-45-23-9-3-17-39(45)53-49/h1-26H,27-36H2,(H,53,57)(H,54,58)(H,55,59)(H,56,60). The summed E-state index contributed by atoms with van der Waals surface area (Å²) in [7, 11) is 0. The number of anilines is 4. The van der Waals surface area contributed by atoms with E-state index in [9.17, 15) is 19.2 Å². The van der Waals surface area contributed by atoms with Gasteiger partial charge in [0.05, 0.1) is 60.3 Å². The molecular weight excluding hydrogens is 873 g/mol. The van der Waals surface area contributed by atoms with E-state index in [0.717, 1.165) is 0 Å². The maximum absolute atomic E-state index is 13.6. The first-order valence-electron chi connectivity index (χ1n) is 21.7. The van der Waals surface area contributed by atoms with Crippen molar-refractivity contribution in [2.24, 2.45) is 0 Å². The van der Waals surface area contributed by atoms with Crippen LogP contribution >= 0.6 is 0 Å². The van der Waals surface area contributed by atoms with Gasteiger partial charge in [-0.1, -0.05) is 72.8 Å². The van der Waals surface area contributed by atoms with Crippen molar-refractivity contribution < 1.29 is 57.1 Å². The fourth-order valence-corrected chi connectivity index (χ4v) is 6.54. The lowest BCUT2D eigenvalue weighted by molar-refractivity contribution is -0.118. The minimum absolute atomic E-state index is 0.108. The van der Waals surface area contributed by atoms with E-state index in [1.54, 1.807) is 158 Å². The Balaban J connectivity index is 1.01. The zero-order valence-corrected chi connectivity index (χ0v) is 37.0. The van der Waals surface area contributed by atoms with Crippen molar-refractivity contribution in [2.45, 2.75) is 0 Å². The summed E-state index contributed by atoms with van der Waals surface area (Å²) in [4.78, 5) is 53.3. The Hall–Kier alpha value is -8.34. The van der Waals surface area contributed by atoms with E-state index in [1.165, 1.54) is 0 Å². The number of rotatable bonds is 0. The van der Waals surface area contributed by atoms with Crippen molar-refractivity contribution in [3.05, 3.63) is 169 Å². The van der Waals surface area contributed by atoms with E-state index < -0.39 is 23.6 Å². The second kappa shape index (κ2) is 25.4. The molecule has 0 radical (unpaired) electrons. The van der Waals surface area contributed by atoms with Crippen molar-refractivity contribution in [3.8, 4) is 34.5 Å². The van der Waals surface area contributed by atoms with Gasteiger partial charge in [0.25, 0.3) is 23.6 Å². The van der Waals surface area contributed by atoms with E-state index in [-0.39, 0.29) is 75.5 Å². The molecule has 350 valence electrons. The van der Waals surface area contributed by atoms with Gasteiger partial charge in [-0.2, -0.15) is 0 Å². The molecule has 1 aliphatic heterocycles. The molecule has 0 saturated carbocycles. The molecule has 0 spiro atoms. The molecule has 6 aromatic rings. The van der Waals surface area contributed by atoms with E-state index >= 15 is 0 Å². The summed E-state index contributed by atoms with van der Waals surface area (Å²) in [6, 6.07) is 41.2. The van der Waals surface area contributed by atoms with Gasteiger partial charge in [0, 0.05) is 0 Å². The monoisotopic (exact) mass is 922 g/mol. The van der Waals surface area contributed by atoms with Crippen LogP contribution in [0.15, 0.2) is 158 Å². The van der Waals surface area contributed by atoms with Crippen LogP contribution < -0.4 is 49.7 Å². The summed E-state index contributed by atoms with van der Waals surface area (Å²) >= 11 is 0. The number of amides is 4. The largest absolute Gasteiger partial charge is 0.489 e. The zero-order valence-electron chi connectivity index (χ0n) is 37.0. The predicted octanol–water partition coefficient (Wildman–Crippen LogP) is 8.04. The van der Waals surface area contributed by atoms with Gasteiger partial charge in [0.2, 0.25) is 0 Å². The Morgan fingerprint density at radius 1 is 0.309 bits per heavy atom. The summed E-state index contributed by atoms with van der Waals surface area (Å²) < 4.78 is 46.8. The molecule has 4 N–H and O–H groups in total. The number of nitrogens with one attached hydrogen (secondary N) is 4. The highest BCUT2D eigenvalue weighted by Gasteiger charge is 2.18. The molecule has 7 rings (SSSR count). The molecule has 68 heavy (non-hydrogen) atoms. The van der Waals surface area contributed by atoms with Crippen molar-refractivity contribution in [1.82, 2.24) is 0 Å². The molecular formula is C52H50N4O12. The SMILES string of the molecule is O=C1COc2ccccc2NC(=O)c2ccccc2OCC=CCOc2ccccc2C(=O)Nc2ccccc2OCC(=O)Nc2ccccc2OCCOCCOCCOc2ccccc2N1. The van der Waals surface area contributed by atoms with Crippen molar-refractivity contribution >= 4 is 46.4 Å². The van der Waals surface area contributed by atoms with Crippen LogP contribution in [-0.2, 0) is 19.1 Å². The lowest BCUT2D eigenvalue weighted by Crippen LogP contribution is -2.22. The zero-order chi connectivity index (χ0) is 47.2. The maximum atomic E-state index is 13.6. The molecule has 4 amide bonds. The van der Waals surface area contributed by atoms with Gasteiger partial charge in [-0.05, 0) is 84.9 Å². The summed E-state index contributed by atoms with van der Waals surface area (Å²) in [6.45, 7) is 1.09. The molecule has 0 unspecified atom stereocenters. The first kappa shape index (κ1) is 47.6. The predicted molar refractivity (Wildman–Crippen MR) is 256 cm³/mol. The van der Waals surface area contributed by atoms with Gasteiger partial charge < -0.3 is 59.2 Å². The highest BCUT2D eigenvalue weighted by atomic mass is 16.6. The molecule has 0 aromatic heterocycles. The second-order valence-electron chi connectivity index (χ2n) is 14.6. The fraction of sp³-hybridized carbons (Fsp3) is 0.192. The van der Waals surface area contributed by atoms with E-state index in [2.05, 4.69) is 21.3 Å². The van der Waals surface area contributed by atoms with E-state index in [1.807, 2.05) is 0 Å². The molecule has 0 saturated heterocycles. The van der Waals surface area contributed by atoms with Crippen molar-refractivity contribution in [1.29, 1.82) is 0 Å². The van der Waals surface area contributed by atoms with E-state index in [4.69, 9.17) is 37.9 Å². The number of benzene rings is 6. The Morgan fingerprint density at radius 3 is 1.01 bits per heavy atom. The van der Waals surface area contributed by atoms with Crippen LogP contribution in [0.25, 0.3) is 0 Å². The number of hydrogen-bond donors (Lipinski definition) is 4. The maximum Gasteiger partial charge on any atom is 0.262 e. The molecule has 16 nitrogen and oxygen atoms in total. The Labute approximate surface area is 393 Å². The Morgan fingerprint density at radius 2 is 0.618 bits per heavy atom. The molecule has 0 atom stereocenters. The number of fused-ring (bicyclic) bond motifs is 6. The Bertz CT molecular complexity index is 2490. The molecule has 0 bridgehead atoms. The van der Waals surface area contributed by atoms with Crippen molar-refractivity contribution in [2.75, 3.05) is 87.3 Å². The molecule has 0 fully saturated rings. The topological polar surface area (TPSA) is 190 Å². The van der Waals surface area contributed by atoms with Crippen LogP contribution in [0.4, 0.5) is 22.7 Å². The molecule has 16 heteroatoms. The summed E-state index contributed by atoms with van der Waals surface area (Å²) in [5.41, 5.74) is 2.15. The molecule has 6 aromatic carbocycles. The number of para-hydroxylation sites is 10. The van der Waals surface area contributed by atoms with Gasteiger partial charge in [0.15, 0.2) is 13.2 Å². The van der Waals surface area contributed by atoms with Crippen LogP contribution in [0.2, 0.25) is 0 Å². The third-order valence-corrected chi connectivity index (χ3v) is 9.75. The van der Waals surface area contributed by atoms with Crippen LogP contribution in [-0.4, -0.2) is 89.7 Å². The highest BCUT2D eigenvalue weighted by molar-refractivity contribution is 6.07. The van der Waals surface area contributed by atoms with Crippen LogP contribution in [0.5, 0.6) is 34.5 Å². The highest BCUT2D eigenvalue weighted by Crippen LogP contribution is 2.30.